The Morgan fingerprint density at radius 3 is 2.14 bits per heavy atom. The summed E-state index contributed by atoms with van der Waals surface area (Å²) in [5, 5.41) is 5.11. The zero-order valence-corrected chi connectivity index (χ0v) is 13.2. The quantitative estimate of drug-likeness (QED) is 0.944. The molecule has 0 fully saturated rings. The molecule has 2 N–H and O–H groups in total. The number of rotatable bonds is 4. The number of sulfonamides is 1. The number of hydrogen-bond donors (Lipinski definition) is 1. The van der Waals surface area contributed by atoms with Gasteiger partial charge in [-0.2, -0.15) is 0 Å². The first-order valence-corrected chi connectivity index (χ1v) is 8.15. The van der Waals surface area contributed by atoms with E-state index in [9.17, 15) is 8.42 Å². The van der Waals surface area contributed by atoms with Crippen LogP contribution in [0.2, 0.25) is 0 Å². The molecule has 0 saturated heterocycles. The maximum atomic E-state index is 11.3. The lowest BCUT2D eigenvalue weighted by molar-refractivity contribution is 0.302. The maximum Gasteiger partial charge on any atom is 0.238 e. The van der Waals surface area contributed by atoms with E-state index in [1.54, 1.807) is 13.0 Å². The Morgan fingerprint density at radius 1 is 1.00 bits per heavy atom. The minimum absolute atomic E-state index is 0.0967. The van der Waals surface area contributed by atoms with Crippen LogP contribution in [0, 0.1) is 20.8 Å². The summed E-state index contributed by atoms with van der Waals surface area (Å²) >= 11 is 0. The Morgan fingerprint density at radius 2 is 1.62 bits per heavy atom. The van der Waals surface area contributed by atoms with Crippen molar-refractivity contribution in [3.8, 4) is 5.75 Å². The highest BCUT2D eigenvalue weighted by Crippen LogP contribution is 2.23. The Bertz CT molecular complexity index is 747. The molecule has 0 unspecified atom stereocenters. The molecule has 0 amide bonds. The zero-order valence-electron chi connectivity index (χ0n) is 12.4. The molecule has 0 heterocycles. The van der Waals surface area contributed by atoms with Gasteiger partial charge in [0.25, 0.3) is 0 Å². The smallest absolute Gasteiger partial charge is 0.238 e. The second kappa shape index (κ2) is 5.87. The number of hydrogen-bond acceptors (Lipinski definition) is 3. The molecule has 0 aromatic heterocycles. The first kappa shape index (κ1) is 15.5. The summed E-state index contributed by atoms with van der Waals surface area (Å²) in [6.07, 6.45) is 0. The lowest BCUT2D eigenvalue weighted by Crippen LogP contribution is -2.12. The SMILES string of the molecule is Cc1cc(S(N)(=O)=O)ccc1OCc1c(C)cccc1C. The fraction of sp³-hybridized carbons (Fsp3) is 0.250. The van der Waals surface area contributed by atoms with Crippen LogP contribution in [0.25, 0.3) is 0 Å². The molecule has 2 rings (SSSR count). The van der Waals surface area contributed by atoms with Crippen LogP contribution >= 0.6 is 0 Å². The summed E-state index contributed by atoms with van der Waals surface area (Å²) in [4.78, 5) is 0.0967. The zero-order chi connectivity index (χ0) is 15.6. The molecule has 2 aromatic rings. The van der Waals surface area contributed by atoms with E-state index in [1.807, 2.05) is 32.0 Å². The Kier molecular flexibility index (Phi) is 4.34. The largest absolute Gasteiger partial charge is 0.489 e. The number of primary sulfonamides is 1. The third-order valence-corrected chi connectivity index (χ3v) is 4.40. The second-order valence-corrected chi connectivity index (χ2v) is 6.69. The third kappa shape index (κ3) is 3.62. The van der Waals surface area contributed by atoms with E-state index in [2.05, 4.69) is 0 Å². The summed E-state index contributed by atoms with van der Waals surface area (Å²) in [7, 11) is -3.68. The van der Waals surface area contributed by atoms with Gasteiger partial charge in [-0.1, -0.05) is 18.2 Å². The summed E-state index contributed by atoms with van der Waals surface area (Å²) in [5.41, 5.74) is 4.24. The molecule has 21 heavy (non-hydrogen) atoms. The van der Waals surface area contributed by atoms with Crippen LogP contribution in [0.5, 0.6) is 5.75 Å². The van der Waals surface area contributed by atoms with E-state index in [4.69, 9.17) is 9.88 Å². The molecular formula is C16H19NO3S. The first-order valence-electron chi connectivity index (χ1n) is 6.60. The van der Waals surface area contributed by atoms with Crippen LogP contribution in [0.4, 0.5) is 0 Å². The van der Waals surface area contributed by atoms with Crippen LogP contribution in [0.3, 0.4) is 0 Å². The lowest BCUT2D eigenvalue weighted by Gasteiger charge is -2.13. The third-order valence-electron chi connectivity index (χ3n) is 3.49. The standard InChI is InChI=1S/C16H19NO3S/c1-11-5-4-6-12(2)15(11)10-20-16-8-7-14(9-13(16)3)21(17,18)19/h4-9H,10H2,1-3H3,(H2,17,18,19). The van der Waals surface area contributed by atoms with Gasteiger partial charge in [-0.15, -0.1) is 0 Å². The van der Waals surface area contributed by atoms with E-state index < -0.39 is 10.0 Å². The number of nitrogens with two attached hydrogens (primary N) is 1. The van der Waals surface area contributed by atoms with Crippen molar-refractivity contribution in [1.82, 2.24) is 0 Å². The van der Waals surface area contributed by atoms with Crippen molar-refractivity contribution in [1.29, 1.82) is 0 Å². The van der Waals surface area contributed by atoms with Gasteiger partial charge in [-0.05, 0) is 61.2 Å². The van der Waals surface area contributed by atoms with Crippen LogP contribution in [0.15, 0.2) is 41.3 Å². The van der Waals surface area contributed by atoms with E-state index in [0.29, 0.717) is 12.4 Å². The van der Waals surface area contributed by atoms with Crippen molar-refractivity contribution in [2.45, 2.75) is 32.3 Å². The van der Waals surface area contributed by atoms with Gasteiger partial charge in [0.2, 0.25) is 10.0 Å². The van der Waals surface area contributed by atoms with Crippen LogP contribution in [0.1, 0.15) is 22.3 Å². The minimum atomic E-state index is -3.68. The highest BCUT2D eigenvalue weighted by Gasteiger charge is 2.11. The molecule has 0 aliphatic carbocycles. The van der Waals surface area contributed by atoms with Crippen molar-refractivity contribution in [2.24, 2.45) is 5.14 Å². The predicted molar refractivity (Wildman–Crippen MR) is 82.8 cm³/mol. The summed E-state index contributed by atoms with van der Waals surface area (Å²) in [6.45, 7) is 6.34. The van der Waals surface area contributed by atoms with E-state index in [1.165, 1.54) is 23.3 Å². The van der Waals surface area contributed by atoms with Gasteiger partial charge in [0.1, 0.15) is 12.4 Å². The molecule has 0 spiro atoms. The van der Waals surface area contributed by atoms with Gasteiger partial charge in [-0.25, -0.2) is 13.6 Å². The Hall–Kier alpha value is -1.85. The number of ether oxygens (including phenoxy) is 1. The van der Waals surface area contributed by atoms with Gasteiger partial charge in [0.05, 0.1) is 4.90 Å². The average Bonchev–Trinajstić information content (AvgIpc) is 2.38. The molecule has 0 radical (unpaired) electrons. The van der Waals surface area contributed by atoms with E-state index >= 15 is 0 Å². The monoisotopic (exact) mass is 305 g/mol. The van der Waals surface area contributed by atoms with Crippen LogP contribution < -0.4 is 9.88 Å². The molecule has 4 nitrogen and oxygen atoms in total. The van der Waals surface area contributed by atoms with Crippen LogP contribution in [-0.2, 0) is 16.6 Å². The molecule has 5 heteroatoms. The molecule has 112 valence electrons. The molecule has 2 aromatic carbocycles. The summed E-state index contributed by atoms with van der Waals surface area (Å²) in [6, 6.07) is 10.7. The van der Waals surface area contributed by atoms with Crippen molar-refractivity contribution < 1.29 is 13.2 Å². The van der Waals surface area contributed by atoms with Crippen molar-refractivity contribution in [2.75, 3.05) is 0 Å². The molecule has 0 saturated carbocycles. The van der Waals surface area contributed by atoms with Crippen molar-refractivity contribution in [3.05, 3.63) is 58.7 Å². The Balaban J connectivity index is 2.22. The topological polar surface area (TPSA) is 69.4 Å². The summed E-state index contributed by atoms with van der Waals surface area (Å²) < 4.78 is 28.4. The van der Waals surface area contributed by atoms with Gasteiger partial charge >= 0.3 is 0 Å². The fourth-order valence-electron chi connectivity index (χ4n) is 2.19. The van der Waals surface area contributed by atoms with Gasteiger partial charge in [-0.3, -0.25) is 0 Å². The Labute approximate surface area is 125 Å². The normalized spacial score (nSPS) is 11.4. The first-order chi connectivity index (χ1) is 9.79. The van der Waals surface area contributed by atoms with Crippen LogP contribution in [-0.4, -0.2) is 8.42 Å². The molecule has 0 bridgehead atoms. The minimum Gasteiger partial charge on any atom is -0.489 e. The lowest BCUT2D eigenvalue weighted by atomic mass is 10.0. The van der Waals surface area contributed by atoms with Gasteiger partial charge in [0.15, 0.2) is 0 Å². The molecular weight excluding hydrogens is 286 g/mol. The highest BCUT2D eigenvalue weighted by atomic mass is 32.2. The molecule has 0 aliphatic rings. The highest BCUT2D eigenvalue weighted by molar-refractivity contribution is 7.89. The van der Waals surface area contributed by atoms with E-state index in [0.717, 1.165) is 11.1 Å². The number of benzene rings is 2. The molecule has 0 atom stereocenters. The number of aryl methyl sites for hydroxylation is 3. The average molecular weight is 305 g/mol. The van der Waals surface area contributed by atoms with Gasteiger partial charge < -0.3 is 4.74 Å². The predicted octanol–water partition coefficient (Wildman–Crippen LogP) is 2.84. The maximum absolute atomic E-state index is 11.3. The molecule has 0 aliphatic heterocycles. The van der Waals surface area contributed by atoms with Gasteiger partial charge in [0, 0.05) is 0 Å². The van der Waals surface area contributed by atoms with E-state index in [-0.39, 0.29) is 4.90 Å². The fourth-order valence-corrected chi connectivity index (χ4v) is 2.79. The second-order valence-electron chi connectivity index (χ2n) is 5.13. The van der Waals surface area contributed by atoms with Crippen molar-refractivity contribution in [3.63, 3.8) is 0 Å². The van der Waals surface area contributed by atoms with Crippen molar-refractivity contribution >= 4 is 10.0 Å². The summed E-state index contributed by atoms with van der Waals surface area (Å²) in [5.74, 6) is 0.657.